The second kappa shape index (κ2) is 5.10. The molecule has 3 atom stereocenters. The van der Waals surface area contributed by atoms with E-state index in [0.29, 0.717) is 10.8 Å². The monoisotopic (exact) mass is 279 g/mol. The smallest absolute Gasteiger partial charge is 0.103 e. The largest absolute Gasteiger partial charge is 1.00 e. The van der Waals surface area contributed by atoms with E-state index in [2.05, 4.69) is 51.1 Å². The molecule has 1 nitrogen and oxygen atoms in total. The predicted octanol–water partition coefficient (Wildman–Crippen LogP) is -0.468. The topological polar surface area (TPSA) is 4.44 Å². The first kappa shape index (κ1) is 14.9. The maximum atomic E-state index is 2.52. The van der Waals surface area contributed by atoms with Gasteiger partial charge < -0.3 is 17.3 Å². The van der Waals surface area contributed by atoms with Gasteiger partial charge in [-0.3, -0.25) is 0 Å². The van der Waals surface area contributed by atoms with Gasteiger partial charge in [-0.25, -0.2) is 0 Å². The number of halogens is 1. The van der Waals surface area contributed by atoms with E-state index in [0.717, 1.165) is 5.92 Å². The average Bonchev–Trinajstić information content (AvgIpc) is 2.50. The predicted molar refractivity (Wildman–Crippen MR) is 75.5 cm³/mol. The summed E-state index contributed by atoms with van der Waals surface area (Å²) in [5.74, 6) is 0.926. The lowest BCUT2D eigenvalue weighted by molar-refractivity contribution is -0.931. The number of hydrogen-bond acceptors (Lipinski definition) is 0. The lowest BCUT2D eigenvalue weighted by atomic mass is 9.63. The lowest BCUT2D eigenvalue weighted by Crippen LogP contribution is -3.14. The number of benzene rings is 1. The summed E-state index contributed by atoms with van der Waals surface area (Å²) < 4.78 is 0. The van der Waals surface area contributed by atoms with Crippen molar-refractivity contribution in [3.8, 4) is 0 Å². The molecule has 0 amide bonds. The summed E-state index contributed by atoms with van der Waals surface area (Å²) >= 11 is 0. The fourth-order valence-corrected chi connectivity index (χ4v) is 4.33. The number of quaternary nitrogens is 1. The van der Waals surface area contributed by atoms with Gasteiger partial charge in [-0.05, 0) is 18.3 Å². The van der Waals surface area contributed by atoms with Gasteiger partial charge in [0.15, 0.2) is 0 Å². The summed E-state index contributed by atoms with van der Waals surface area (Å²) in [5.41, 5.74) is 2.60. The van der Waals surface area contributed by atoms with Gasteiger partial charge in [-0.2, -0.15) is 0 Å². The van der Waals surface area contributed by atoms with Crippen LogP contribution in [0, 0.1) is 16.7 Å². The van der Waals surface area contributed by atoms with Gasteiger partial charge >= 0.3 is 0 Å². The Morgan fingerprint density at radius 2 is 1.84 bits per heavy atom. The standard InChI is InChI=1S/C17H25N.ClH/c1-16(2)15-9-10-17(16,3)13-18(12-15)11-14-7-5-4-6-8-14;/h4-8,15H,9-13H2,1-3H3;1H. The van der Waals surface area contributed by atoms with Crippen molar-refractivity contribution in [3.05, 3.63) is 35.9 Å². The van der Waals surface area contributed by atoms with Crippen LogP contribution in [0.2, 0.25) is 0 Å². The van der Waals surface area contributed by atoms with Gasteiger partial charge in [0.2, 0.25) is 0 Å². The lowest BCUT2D eigenvalue weighted by Gasteiger charge is -2.48. The van der Waals surface area contributed by atoms with E-state index in [1.165, 1.54) is 38.0 Å². The Bertz CT molecular complexity index is 428. The third-order valence-corrected chi connectivity index (χ3v) is 6.09. The SMILES string of the molecule is CC12CCC(C[NH+](Cc3ccccc3)C1)C2(C)C.[Cl-]. The summed E-state index contributed by atoms with van der Waals surface area (Å²) in [7, 11) is 0. The Morgan fingerprint density at radius 1 is 1.16 bits per heavy atom. The highest BCUT2D eigenvalue weighted by Crippen LogP contribution is 2.56. The van der Waals surface area contributed by atoms with Gasteiger partial charge in [0.25, 0.3) is 0 Å². The van der Waals surface area contributed by atoms with Crippen LogP contribution in [0.4, 0.5) is 0 Å². The molecule has 1 heterocycles. The van der Waals surface area contributed by atoms with Gasteiger partial charge in [0.05, 0.1) is 13.1 Å². The molecule has 0 aromatic heterocycles. The Morgan fingerprint density at radius 3 is 2.47 bits per heavy atom. The van der Waals surface area contributed by atoms with E-state index in [9.17, 15) is 0 Å². The number of hydrogen-bond donors (Lipinski definition) is 1. The molecule has 1 saturated heterocycles. The zero-order valence-corrected chi connectivity index (χ0v) is 13.1. The Kier molecular flexibility index (Phi) is 3.99. The minimum atomic E-state index is 0. The number of likely N-dealkylation sites (tertiary alicyclic amines) is 1. The first-order valence-corrected chi connectivity index (χ1v) is 7.39. The molecule has 1 aliphatic carbocycles. The summed E-state index contributed by atoms with van der Waals surface area (Å²) in [5, 5.41) is 0. The normalized spacial score (nSPS) is 35.7. The van der Waals surface area contributed by atoms with E-state index < -0.39 is 0 Å². The van der Waals surface area contributed by atoms with Gasteiger partial charge in [-0.1, -0.05) is 51.1 Å². The highest BCUT2D eigenvalue weighted by molar-refractivity contribution is 5.13. The second-order valence-electron chi connectivity index (χ2n) is 7.31. The molecule has 2 fully saturated rings. The summed E-state index contributed by atoms with van der Waals surface area (Å²) in [4.78, 5) is 1.80. The van der Waals surface area contributed by atoms with E-state index in [4.69, 9.17) is 0 Å². The number of rotatable bonds is 2. The van der Waals surface area contributed by atoms with Crippen LogP contribution in [0.5, 0.6) is 0 Å². The summed E-state index contributed by atoms with van der Waals surface area (Å²) in [6.07, 6.45) is 2.88. The third kappa shape index (κ3) is 2.43. The van der Waals surface area contributed by atoms with Crippen LogP contribution in [0.1, 0.15) is 39.2 Å². The molecule has 3 rings (SSSR count). The van der Waals surface area contributed by atoms with Gasteiger partial charge in [0, 0.05) is 16.9 Å². The van der Waals surface area contributed by atoms with Gasteiger partial charge in [0.1, 0.15) is 6.54 Å². The summed E-state index contributed by atoms with van der Waals surface area (Å²) in [6, 6.07) is 11.0. The minimum absolute atomic E-state index is 0. The Balaban J connectivity index is 0.00000133. The molecule has 1 aromatic carbocycles. The zero-order valence-electron chi connectivity index (χ0n) is 12.4. The maximum absolute atomic E-state index is 2.52. The van der Waals surface area contributed by atoms with Crippen LogP contribution in [-0.2, 0) is 6.54 Å². The van der Waals surface area contributed by atoms with Crippen molar-refractivity contribution in [2.24, 2.45) is 16.7 Å². The highest BCUT2D eigenvalue weighted by atomic mass is 35.5. The van der Waals surface area contributed by atoms with Crippen LogP contribution in [0.25, 0.3) is 0 Å². The fraction of sp³-hybridized carbons (Fsp3) is 0.647. The molecule has 19 heavy (non-hydrogen) atoms. The van der Waals surface area contributed by atoms with Crippen molar-refractivity contribution in [2.45, 2.75) is 40.2 Å². The van der Waals surface area contributed by atoms with Crippen molar-refractivity contribution in [1.82, 2.24) is 0 Å². The second-order valence-corrected chi connectivity index (χ2v) is 7.31. The number of piperidine rings is 1. The van der Waals surface area contributed by atoms with E-state index in [1.807, 2.05) is 0 Å². The molecule has 2 aliphatic rings. The van der Waals surface area contributed by atoms with Crippen molar-refractivity contribution >= 4 is 0 Å². The van der Waals surface area contributed by atoms with Crippen molar-refractivity contribution in [3.63, 3.8) is 0 Å². The van der Waals surface area contributed by atoms with Crippen LogP contribution in [0.3, 0.4) is 0 Å². The van der Waals surface area contributed by atoms with Crippen LogP contribution < -0.4 is 17.3 Å². The molecule has 3 unspecified atom stereocenters. The first-order valence-electron chi connectivity index (χ1n) is 7.39. The van der Waals surface area contributed by atoms with E-state index in [-0.39, 0.29) is 12.4 Å². The van der Waals surface area contributed by atoms with Crippen LogP contribution in [0.15, 0.2) is 30.3 Å². The maximum Gasteiger partial charge on any atom is 0.103 e. The zero-order chi connectivity index (χ0) is 12.8. The minimum Gasteiger partial charge on any atom is -1.00 e. The number of fused-ring (bicyclic) bond motifs is 2. The number of nitrogens with one attached hydrogen (secondary N) is 1. The first-order chi connectivity index (χ1) is 8.51. The molecular formula is C17H26ClN. The van der Waals surface area contributed by atoms with Crippen molar-refractivity contribution in [1.29, 1.82) is 0 Å². The molecule has 0 spiro atoms. The quantitative estimate of drug-likeness (QED) is 0.747. The molecule has 1 aromatic rings. The molecular weight excluding hydrogens is 254 g/mol. The third-order valence-electron chi connectivity index (χ3n) is 6.09. The molecule has 1 N–H and O–H groups in total. The highest BCUT2D eigenvalue weighted by Gasteiger charge is 2.57. The van der Waals surface area contributed by atoms with E-state index >= 15 is 0 Å². The fourth-order valence-electron chi connectivity index (χ4n) is 4.33. The van der Waals surface area contributed by atoms with Gasteiger partial charge in [-0.15, -0.1) is 0 Å². The van der Waals surface area contributed by atoms with Crippen molar-refractivity contribution in [2.75, 3.05) is 13.1 Å². The molecule has 2 bridgehead atoms. The molecule has 1 aliphatic heterocycles. The molecule has 2 heteroatoms. The van der Waals surface area contributed by atoms with Crippen LogP contribution in [-0.4, -0.2) is 13.1 Å². The average molecular weight is 280 g/mol. The molecule has 106 valence electrons. The molecule has 0 radical (unpaired) electrons. The Labute approximate surface area is 123 Å². The molecule has 1 saturated carbocycles. The van der Waals surface area contributed by atoms with Crippen molar-refractivity contribution < 1.29 is 17.3 Å². The van der Waals surface area contributed by atoms with E-state index in [1.54, 1.807) is 4.90 Å². The summed E-state index contributed by atoms with van der Waals surface area (Å²) in [6.45, 7) is 11.5. The Hall–Kier alpha value is -0.530. The van der Waals surface area contributed by atoms with Crippen LogP contribution >= 0.6 is 0 Å².